The molecule has 2 unspecified atom stereocenters. The van der Waals surface area contributed by atoms with Crippen LogP contribution in [0.3, 0.4) is 0 Å². The SMILES string of the molecule is CCNC(=NCC1(c2ccc(F)cc2)CCOCC1)N1CC2CCCCC2C1.I. The Balaban J connectivity index is 0.00000240. The largest absolute Gasteiger partial charge is 0.381 e. The zero-order chi connectivity index (χ0) is 19.4. The van der Waals surface area contributed by atoms with E-state index in [-0.39, 0.29) is 35.2 Å². The Morgan fingerprint density at radius 3 is 2.34 bits per heavy atom. The molecular weight excluding hydrogens is 480 g/mol. The van der Waals surface area contributed by atoms with E-state index >= 15 is 0 Å². The van der Waals surface area contributed by atoms with E-state index in [1.54, 1.807) is 12.1 Å². The maximum absolute atomic E-state index is 13.5. The molecule has 3 aliphatic rings. The Hall–Kier alpha value is -0.890. The Kier molecular flexibility index (Phi) is 8.19. The monoisotopic (exact) mass is 515 g/mol. The predicted octanol–water partition coefficient (Wildman–Crippen LogP) is 4.58. The number of guanidine groups is 1. The van der Waals surface area contributed by atoms with Gasteiger partial charge in [-0.15, -0.1) is 24.0 Å². The number of fused-ring (bicyclic) bond motifs is 1. The van der Waals surface area contributed by atoms with Crippen molar-refractivity contribution in [2.75, 3.05) is 39.4 Å². The summed E-state index contributed by atoms with van der Waals surface area (Å²) in [4.78, 5) is 7.62. The average molecular weight is 515 g/mol. The third-order valence-corrected chi connectivity index (χ3v) is 7.05. The first kappa shape index (κ1) is 22.8. The maximum Gasteiger partial charge on any atom is 0.193 e. The molecule has 0 amide bonds. The predicted molar refractivity (Wildman–Crippen MR) is 127 cm³/mol. The van der Waals surface area contributed by atoms with Crippen LogP contribution in [0.25, 0.3) is 0 Å². The van der Waals surface area contributed by atoms with Crippen molar-refractivity contribution in [3.05, 3.63) is 35.6 Å². The summed E-state index contributed by atoms with van der Waals surface area (Å²) in [6, 6.07) is 7.03. The van der Waals surface area contributed by atoms with E-state index in [0.717, 1.165) is 70.0 Å². The fraction of sp³-hybridized carbons (Fsp3) is 0.696. The van der Waals surface area contributed by atoms with Gasteiger partial charge in [-0.25, -0.2) is 4.39 Å². The van der Waals surface area contributed by atoms with Crippen LogP contribution in [0.5, 0.6) is 0 Å². The molecule has 1 saturated carbocycles. The molecule has 4 rings (SSSR count). The van der Waals surface area contributed by atoms with E-state index < -0.39 is 0 Å². The minimum Gasteiger partial charge on any atom is -0.381 e. The molecule has 0 spiro atoms. The minimum absolute atomic E-state index is 0. The molecular formula is C23H35FIN3O. The summed E-state index contributed by atoms with van der Waals surface area (Å²) in [5, 5.41) is 3.54. The second kappa shape index (κ2) is 10.4. The number of hydrogen-bond acceptors (Lipinski definition) is 2. The van der Waals surface area contributed by atoms with Crippen molar-refractivity contribution in [2.45, 2.75) is 50.9 Å². The van der Waals surface area contributed by atoms with Crippen molar-refractivity contribution in [1.82, 2.24) is 10.2 Å². The van der Waals surface area contributed by atoms with Gasteiger partial charge in [-0.05, 0) is 62.1 Å². The van der Waals surface area contributed by atoms with Gasteiger partial charge >= 0.3 is 0 Å². The first-order valence-corrected chi connectivity index (χ1v) is 11.1. The molecule has 2 atom stereocenters. The van der Waals surface area contributed by atoms with Crippen molar-refractivity contribution in [3.8, 4) is 0 Å². The Labute approximate surface area is 191 Å². The fourth-order valence-corrected chi connectivity index (χ4v) is 5.33. The fourth-order valence-electron chi connectivity index (χ4n) is 5.33. The molecule has 2 heterocycles. The standard InChI is InChI=1S/C23H34FN3O.HI/c1-2-25-22(27-15-18-5-3-4-6-19(18)16-27)26-17-23(11-13-28-14-12-23)20-7-9-21(24)10-8-20;/h7-10,18-19H,2-6,11-17H2,1H3,(H,25,26);1H. The van der Waals surface area contributed by atoms with Gasteiger partial charge in [0.05, 0.1) is 6.54 Å². The molecule has 2 saturated heterocycles. The topological polar surface area (TPSA) is 36.9 Å². The van der Waals surface area contributed by atoms with Crippen LogP contribution in [0.2, 0.25) is 0 Å². The Morgan fingerprint density at radius 1 is 1.14 bits per heavy atom. The van der Waals surface area contributed by atoms with Crippen molar-refractivity contribution in [1.29, 1.82) is 0 Å². The zero-order valence-electron chi connectivity index (χ0n) is 17.5. The molecule has 0 aromatic heterocycles. The highest BCUT2D eigenvalue weighted by molar-refractivity contribution is 14.0. The highest BCUT2D eigenvalue weighted by Crippen LogP contribution is 2.37. The van der Waals surface area contributed by atoms with Crippen LogP contribution in [0.4, 0.5) is 4.39 Å². The van der Waals surface area contributed by atoms with E-state index in [4.69, 9.17) is 9.73 Å². The summed E-state index contributed by atoms with van der Waals surface area (Å²) in [5.41, 5.74) is 1.13. The number of aliphatic imine (C=N–C) groups is 1. The van der Waals surface area contributed by atoms with Gasteiger partial charge in [0.15, 0.2) is 5.96 Å². The molecule has 1 aromatic carbocycles. The second-order valence-corrected chi connectivity index (χ2v) is 8.78. The molecule has 0 bridgehead atoms. The van der Waals surface area contributed by atoms with Crippen LogP contribution >= 0.6 is 24.0 Å². The van der Waals surface area contributed by atoms with Crippen molar-refractivity contribution >= 4 is 29.9 Å². The quantitative estimate of drug-likeness (QED) is 0.363. The lowest BCUT2D eigenvalue weighted by atomic mass is 9.74. The lowest BCUT2D eigenvalue weighted by Crippen LogP contribution is -2.43. The molecule has 6 heteroatoms. The van der Waals surface area contributed by atoms with Gasteiger partial charge in [0.2, 0.25) is 0 Å². The van der Waals surface area contributed by atoms with Crippen LogP contribution in [0.1, 0.15) is 51.0 Å². The third kappa shape index (κ3) is 5.24. The number of hydrogen-bond donors (Lipinski definition) is 1. The molecule has 1 N–H and O–H groups in total. The van der Waals surface area contributed by atoms with Gasteiger partial charge in [0.25, 0.3) is 0 Å². The maximum atomic E-state index is 13.5. The number of ether oxygens (including phenoxy) is 1. The molecule has 4 nitrogen and oxygen atoms in total. The molecule has 29 heavy (non-hydrogen) atoms. The van der Waals surface area contributed by atoms with Gasteiger partial charge in [-0.3, -0.25) is 4.99 Å². The lowest BCUT2D eigenvalue weighted by molar-refractivity contribution is 0.0530. The van der Waals surface area contributed by atoms with Crippen molar-refractivity contribution in [3.63, 3.8) is 0 Å². The number of rotatable bonds is 4. The van der Waals surface area contributed by atoms with Crippen molar-refractivity contribution < 1.29 is 9.13 Å². The first-order valence-electron chi connectivity index (χ1n) is 11.1. The summed E-state index contributed by atoms with van der Waals surface area (Å²) in [6.45, 7) is 7.54. The minimum atomic E-state index is -0.178. The smallest absolute Gasteiger partial charge is 0.193 e. The highest BCUT2D eigenvalue weighted by atomic mass is 127. The van der Waals surface area contributed by atoms with Crippen LogP contribution in [0.15, 0.2) is 29.3 Å². The summed E-state index contributed by atoms with van der Waals surface area (Å²) in [5.74, 6) is 2.56. The first-order chi connectivity index (χ1) is 13.7. The van der Waals surface area contributed by atoms with Gasteiger partial charge in [0.1, 0.15) is 5.82 Å². The zero-order valence-corrected chi connectivity index (χ0v) is 19.9. The Morgan fingerprint density at radius 2 is 1.76 bits per heavy atom. The van der Waals surface area contributed by atoms with E-state index in [1.165, 1.54) is 31.2 Å². The molecule has 162 valence electrons. The summed E-state index contributed by atoms with van der Waals surface area (Å²) < 4.78 is 19.1. The number of benzene rings is 1. The van der Waals surface area contributed by atoms with Gasteiger partial charge in [-0.1, -0.05) is 25.0 Å². The van der Waals surface area contributed by atoms with E-state index in [9.17, 15) is 4.39 Å². The molecule has 2 aliphatic heterocycles. The van der Waals surface area contributed by atoms with Crippen molar-refractivity contribution in [2.24, 2.45) is 16.8 Å². The summed E-state index contributed by atoms with van der Waals surface area (Å²) >= 11 is 0. The van der Waals surface area contributed by atoms with Crippen LogP contribution in [-0.2, 0) is 10.2 Å². The van der Waals surface area contributed by atoms with Crippen LogP contribution in [-0.4, -0.2) is 50.3 Å². The van der Waals surface area contributed by atoms with Crippen LogP contribution < -0.4 is 5.32 Å². The summed E-state index contributed by atoms with van der Waals surface area (Å²) in [6.07, 6.45) is 7.39. The third-order valence-electron chi connectivity index (χ3n) is 7.05. The number of nitrogens with zero attached hydrogens (tertiary/aromatic N) is 2. The number of halogens is 2. The molecule has 3 fully saturated rings. The lowest BCUT2D eigenvalue weighted by Gasteiger charge is -2.37. The second-order valence-electron chi connectivity index (χ2n) is 8.78. The number of likely N-dealkylation sites (tertiary alicyclic amines) is 1. The highest BCUT2D eigenvalue weighted by Gasteiger charge is 2.37. The average Bonchev–Trinajstić information content (AvgIpc) is 3.16. The molecule has 1 aliphatic carbocycles. The summed E-state index contributed by atoms with van der Waals surface area (Å²) in [7, 11) is 0. The van der Waals surface area contributed by atoms with E-state index in [1.807, 2.05) is 12.1 Å². The number of nitrogens with one attached hydrogen (secondary N) is 1. The van der Waals surface area contributed by atoms with E-state index in [2.05, 4.69) is 17.1 Å². The molecule has 1 aromatic rings. The molecule has 0 radical (unpaired) electrons. The van der Waals surface area contributed by atoms with Gasteiger partial charge in [-0.2, -0.15) is 0 Å². The van der Waals surface area contributed by atoms with Crippen LogP contribution in [0, 0.1) is 17.7 Å². The van der Waals surface area contributed by atoms with Gasteiger partial charge < -0.3 is 15.0 Å². The van der Waals surface area contributed by atoms with E-state index in [0.29, 0.717) is 0 Å². The normalized spacial score (nSPS) is 26.6. The van der Waals surface area contributed by atoms with Gasteiger partial charge in [0, 0.05) is 38.3 Å². The Bertz CT molecular complexity index is 661.